The van der Waals surface area contributed by atoms with Crippen LogP contribution in [0.4, 0.5) is 0 Å². The number of aliphatic hydroxyl groups excluding tert-OH is 1. The highest BCUT2D eigenvalue weighted by molar-refractivity contribution is 6.17. The van der Waals surface area contributed by atoms with Gasteiger partial charge in [-0.3, -0.25) is 9.59 Å². The molecule has 2 aromatic carbocycles. The molecule has 9 heteroatoms. The topological polar surface area (TPSA) is 113 Å². The molecule has 1 aromatic heterocycles. The van der Waals surface area contributed by atoms with E-state index in [1.54, 1.807) is 50.2 Å². The Morgan fingerprint density at radius 3 is 2.22 bits per heavy atom. The number of allylic oxidation sites excluding steroid dienone is 4. The van der Waals surface area contributed by atoms with E-state index >= 15 is 0 Å². The normalized spacial score (nSPS) is 27.2. The van der Waals surface area contributed by atoms with Crippen LogP contribution in [0.25, 0.3) is 5.69 Å². The smallest absolute Gasteiger partial charge is 0.352 e. The summed E-state index contributed by atoms with van der Waals surface area (Å²) in [7, 11) is 0. The van der Waals surface area contributed by atoms with Crippen molar-refractivity contribution in [3.8, 4) is 11.4 Å². The third kappa shape index (κ3) is 3.58. The average Bonchev–Trinajstić information content (AvgIpc) is 3.24. The molecule has 0 spiro atoms. The molecule has 1 N–H and O–H groups in total. The monoisotopic (exact) mass is 555 g/mol. The van der Waals surface area contributed by atoms with Crippen molar-refractivity contribution in [1.29, 1.82) is 0 Å². The number of ether oxygens (including phenoxy) is 1. The first-order chi connectivity index (χ1) is 19.6. The predicted octanol–water partition coefficient (Wildman–Crippen LogP) is 3.34. The molecule has 1 fully saturated rings. The third-order valence-corrected chi connectivity index (χ3v) is 9.70. The summed E-state index contributed by atoms with van der Waals surface area (Å²) in [6.45, 7) is 7.33. The molecule has 0 amide bonds. The van der Waals surface area contributed by atoms with Gasteiger partial charge in [-0.1, -0.05) is 50.3 Å². The second-order valence-electron chi connectivity index (χ2n) is 11.6. The van der Waals surface area contributed by atoms with E-state index in [4.69, 9.17) is 9.84 Å². The number of benzene rings is 2. The van der Waals surface area contributed by atoms with Crippen LogP contribution >= 0.6 is 0 Å². The second-order valence-corrected chi connectivity index (χ2v) is 11.6. The Morgan fingerprint density at radius 1 is 0.902 bits per heavy atom. The number of ketones is 2. The number of aliphatic hydroxyl groups is 1. The van der Waals surface area contributed by atoms with Crippen molar-refractivity contribution in [3.63, 3.8) is 0 Å². The number of nitrogens with zero attached hydrogens (tertiary/aromatic N) is 3. The Bertz CT molecular complexity index is 1760. The lowest BCUT2D eigenvalue weighted by molar-refractivity contribution is -0.151. The van der Waals surface area contributed by atoms with Crippen LogP contribution in [0.3, 0.4) is 0 Å². The van der Waals surface area contributed by atoms with Crippen molar-refractivity contribution in [2.24, 2.45) is 10.8 Å². The Morgan fingerprint density at radius 2 is 1.56 bits per heavy atom. The van der Waals surface area contributed by atoms with E-state index in [1.807, 2.05) is 38.1 Å². The third-order valence-electron chi connectivity index (χ3n) is 9.70. The van der Waals surface area contributed by atoms with Gasteiger partial charge in [0.1, 0.15) is 12.4 Å². The number of Topliss-reactive ketones (excluding diaryl/α,β-unsaturated/α-hetero) is 2. The van der Waals surface area contributed by atoms with Gasteiger partial charge in [-0.2, -0.15) is 0 Å². The molecule has 0 radical (unpaired) electrons. The van der Waals surface area contributed by atoms with Crippen LogP contribution in [0, 0.1) is 10.8 Å². The van der Waals surface area contributed by atoms with Gasteiger partial charge in [-0.05, 0) is 66.8 Å². The number of hydrogen-bond donors (Lipinski definition) is 1. The minimum atomic E-state index is -1.14. The van der Waals surface area contributed by atoms with Crippen LogP contribution in [-0.4, -0.2) is 43.8 Å². The zero-order valence-electron chi connectivity index (χ0n) is 23.6. The predicted molar refractivity (Wildman–Crippen MR) is 152 cm³/mol. The summed E-state index contributed by atoms with van der Waals surface area (Å²) in [4.78, 5) is 55.9. The summed E-state index contributed by atoms with van der Waals surface area (Å²) >= 11 is 0. The van der Waals surface area contributed by atoms with Gasteiger partial charge in [0.2, 0.25) is 0 Å². The fraction of sp³-hybridized carbons (Fsp3) is 0.375. The van der Waals surface area contributed by atoms with E-state index in [0.717, 1.165) is 11.1 Å². The summed E-state index contributed by atoms with van der Waals surface area (Å²) in [5.74, 6) is -0.157. The summed E-state index contributed by atoms with van der Waals surface area (Å²) in [5, 5.41) is 9.14. The van der Waals surface area contributed by atoms with Gasteiger partial charge in [0.15, 0.2) is 11.6 Å². The van der Waals surface area contributed by atoms with Crippen LogP contribution in [0.1, 0.15) is 51.6 Å². The van der Waals surface area contributed by atoms with Gasteiger partial charge in [0.05, 0.1) is 30.3 Å². The molecule has 4 atom stereocenters. The van der Waals surface area contributed by atoms with E-state index in [1.165, 1.54) is 13.9 Å². The quantitative estimate of drug-likeness (QED) is 0.484. The van der Waals surface area contributed by atoms with E-state index in [-0.39, 0.29) is 37.7 Å². The molecule has 0 unspecified atom stereocenters. The summed E-state index contributed by atoms with van der Waals surface area (Å²) < 4.78 is 9.65. The fourth-order valence-corrected chi connectivity index (χ4v) is 7.29. The van der Waals surface area contributed by atoms with Crippen molar-refractivity contribution in [3.05, 3.63) is 104 Å². The summed E-state index contributed by atoms with van der Waals surface area (Å²) in [6, 6.07) is 15.5. The van der Waals surface area contributed by atoms with Gasteiger partial charge in [-0.15, -0.1) is 0 Å². The zero-order valence-corrected chi connectivity index (χ0v) is 23.6. The Hall–Kier alpha value is -4.24. The second kappa shape index (κ2) is 9.41. The molecule has 41 heavy (non-hydrogen) atoms. The maximum atomic E-state index is 14.2. The average molecular weight is 556 g/mol. The van der Waals surface area contributed by atoms with Gasteiger partial charge >= 0.3 is 11.4 Å². The molecule has 2 heterocycles. The Balaban J connectivity index is 1.58. The maximum Gasteiger partial charge on any atom is 0.352 e. The molecular formula is C32H33N3O6. The van der Waals surface area contributed by atoms with E-state index < -0.39 is 34.2 Å². The molecule has 3 aromatic rings. The first kappa shape index (κ1) is 27.0. The molecule has 0 saturated heterocycles. The fourth-order valence-electron chi connectivity index (χ4n) is 7.29. The van der Waals surface area contributed by atoms with Gasteiger partial charge in [0.25, 0.3) is 0 Å². The summed E-state index contributed by atoms with van der Waals surface area (Å²) in [6.07, 6.45) is 2.15. The highest BCUT2D eigenvalue weighted by Gasteiger charge is 2.66. The van der Waals surface area contributed by atoms with Crippen molar-refractivity contribution in [2.75, 3.05) is 13.2 Å². The SMILES string of the molecule is CC1=C(C)C(=O)[C@@]2(C)[C@@H](c3ccc(OCCO)cc3)C3=CCn4c(=O)n(-c5ccccc5)c(=O)n4[C@@H]3C[C@@]2(C)C1=O. The number of para-hydroxylation sites is 1. The van der Waals surface area contributed by atoms with Crippen LogP contribution in [0.15, 0.2) is 87.0 Å². The number of rotatable bonds is 5. The Kier molecular flexibility index (Phi) is 6.19. The van der Waals surface area contributed by atoms with E-state index in [2.05, 4.69) is 0 Å². The van der Waals surface area contributed by atoms with Crippen LogP contribution in [0.2, 0.25) is 0 Å². The molecule has 212 valence electrons. The largest absolute Gasteiger partial charge is 0.491 e. The molecule has 6 rings (SSSR count). The number of aromatic nitrogens is 3. The van der Waals surface area contributed by atoms with Crippen LogP contribution < -0.4 is 16.1 Å². The highest BCUT2D eigenvalue weighted by atomic mass is 16.5. The molecule has 1 aliphatic heterocycles. The maximum absolute atomic E-state index is 14.2. The highest BCUT2D eigenvalue weighted by Crippen LogP contribution is 2.66. The molecule has 2 aliphatic carbocycles. The summed E-state index contributed by atoms with van der Waals surface area (Å²) in [5.41, 5.74) is -0.169. The van der Waals surface area contributed by atoms with Crippen LogP contribution in [0.5, 0.6) is 5.75 Å². The minimum Gasteiger partial charge on any atom is -0.491 e. The molecular weight excluding hydrogens is 522 g/mol. The lowest BCUT2D eigenvalue weighted by Gasteiger charge is -2.58. The van der Waals surface area contributed by atoms with Gasteiger partial charge < -0.3 is 9.84 Å². The molecule has 0 bridgehead atoms. The molecule has 1 saturated carbocycles. The van der Waals surface area contributed by atoms with Crippen molar-refractivity contribution in [1.82, 2.24) is 13.9 Å². The number of hydrogen-bond acceptors (Lipinski definition) is 6. The minimum absolute atomic E-state index is 0.0841. The van der Waals surface area contributed by atoms with E-state index in [9.17, 15) is 19.2 Å². The van der Waals surface area contributed by atoms with Crippen molar-refractivity contribution in [2.45, 2.75) is 52.6 Å². The first-order valence-corrected chi connectivity index (χ1v) is 13.9. The lowest BCUT2D eigenvalue weighted by Crippen LogP contribution is -2.61. The first-order valence-electron chi connectivity index (χ1n) is 13.9. The van der Waals surface area contributed by atoms with Crippen LogP contribution in [-0.2, 0) is 16.1 Å². The lowest BCUT2D eigenvalue weighted by atomic mass is 9.43. The van der Waals surface area contributed by atoms with Gasteiger partial charge in [0, 0.05) is 11.3 Å². The standard InChI is InChI=1S/C32H33N3O6/c1-19-20(2)28(38)32(4)26(21-10-12-23(13-11-21)41-17-16-36)24-14-15-33-29(39)34(22-8-6-5-7-9-22)30(40)35(33)25(24)18-31(32,3)27(19)37/h5-14,25-26,36H,15-18H2,1-4H3/t25-,26+,31+,32-/m1/s1. The Labute approximate surface area is 237 Å². The van der Waals surface area contributed by atoms with Gasteiger partial charge in [-0.25, -0.2) is 23.5 Å². The number of fused-ring (bicyclic) bond motifs is 4. The number of carbonyl (C=O) groups is 2. The van der Waals surface area contributed by atoms with Crippen molar-refractivity contribution < 1.29 is 19.4 Å². The zero-order chi connectivity index (χ0) is 29.3. The molecule has 9 nitrogen and oxygen atoms in total. The van der Waals surface area contributed by atoms with Crippen molar-refractivity contribution >= 4 is 11.6 Å². The number of carbonyl (C=O) groups excluding carboxylic acids is 2. The molecule has 3 aliphatic rings. The van der Waals surface area contributed by atoms with E-state index in [0.29, 0.717) is 22.6 Å².